The molecular formula is C58H44N2O. The molecule has 1 saturated carbocycles. The van der Waals surface area contributed by atoms with E-state index in [0.29, 0.717) is 5.92 Å². The van der Waals surface area contributed by atoms with Gasteiger partial charge in [-0.15, -0.1) is 0 Å². The lowest BCUT2D eigenvalue weighted by Crippen LogP contribution is -2.13. The lowest BCUT2D eigenvalue weighted by molar-refractivity contribution is 0.445. The molecule has 1 fully saturated rings. The molecule has 0 bridgehead atoms. The van der Waals surface area contributed by atoms with E-state index in [1.807, 2.05) is 0 Å². The van der Waals surface area contributed by atoms with Crippen molar-refractivity contribution >= 4 is 71.6 Å². The molecule has 1 aliphatic carbocycles. The Morgan fingerprint density at radius 1 is 0.410 bits per heavy atom. The van der Waals surface area contributed by atoms with E-state index in [1.54, 1.807) is 0 Å². The van der Waals surface area contributed by atoms with E-state index in [2.05, 4.69) is 210 Å². The lowest BCUT2D eigenvalue weighted by Gasteiger charge is -2.31. The highest BCUT2D eigenvalue weighted by Gasteiger charge is 2.27. The monoisotopic (exact) mass is 784 g/mol. The number of nitrogens with zero attached hydrogens (tertiary/aromatic N) is 2. The van der Waals surface area contributed by atoms with Crippen LogP contribution in [0, 0.1) is 0 Å². The van der Waals surface area contributed by atoms with Crippen molar-refractivity contribution < 1.29 is 4.42 Å². The number of aromatic nitrogens is 1. The van der Waals surface area contributed by atoms with Gasteiger partial charge in [-0.25, -0.2) is 0 Å². The maximum absolute atomic E-state index is 6.75. The molecule has 0 atom stereocenters. The van der Waals surface area contributed by atoms with Crippen molar-refractivity contribution in [3.05, 3.63) is 206 Å². The van der Waals surface area contributed by atoms with Gasteiger partial charge in [0.25, 0.3) is 0 Å². The van der Waals surface area contributed by atoms with Crippen LogP contribution in [0.15, 0.2) is 205 Å². The second-order valence-electron chi connectivity index (χ2n) is 16.6. The fourth-order valence-corrected chi connectivity index (χ4v) is 10.5. The largest absolute Gasteiger partial charge is 0.455 e. The Labute approximate surface area is 355 Å². The van der Waals surface area contributed by atoms with Crippen molar-refractivity contribution in [2.75, 3.05) is 4.90 Å². The highest BCUT2D eigenvalue weighted by atomic mass is 16.3. The number of rotatable bonds is 7. The number of hydrogen-bond acceptors (Lipinski definition) is 2. The Balaban J connectivity index is 1.18. The summed E-state index contributed by atoms with van der Waals surface area (Å²) in [5.41, 5.74) is 14.7. The van der Waals surface area contributed by atoms with Crippen LogP contribution >= 0.6 is 0 Å². The first-order chi connectivity index (χ1) is 30.3. The standard InChI is InChI=1S/C58H44N2O/c1-3-19-39(20-4-1)42-29-15-21-40-22-16-30-46(56(40)42)43-25-7-11-33-50(43)60(51-34-12-8-26-44(51)47-31-17-32-48-45-27-10-14-38-55(45)61-58(47)48)54-37-18-36-53-57(54)49-28-9-13-35-52(49)59(53)41-23-5-2-6-24-41/h2,5-18,21-39H,1,3-4,19-20H2. The van der Waals surface area contributed by atoms with Gasteiger partial charge in [-0.05, 0) is 89.2 Å². The van der Waals surface area contributed by atoms with E-state index in [4.69, 9.17) is 4.42 Å². The van der Waals surface area contributed by atoms with Crippen LogP contribution in [-0.2, 0) is 0 Å². The average molecular weight is 785 g/mol. The first-order valence-electron chi connectivity index (χ1n) is 21.8. The molecule has 0 N–H and O–H groups in total. The summed E-state index contributed by atoms with van der Waals surface area (Å²) in [5, 5.41) is 7.34. The van der Waals surface area contributed by atoms with E-state index in [-0.39, 0.29) is 0 Å². The third-order valence-electron chi connectivity index (χ3n) is 13.2. The topological polar surface area (TPSA) is 21.3 Å². The molecule has 0 radical (unpaired) electrons. The molecule has 3 nitrogen and oxygen atoms in total. The van der Waals surface area contributed by atoms with Crippen LogP contribution in [0.4, 0.5) is 17.1 Å². The summed E-state index contributed by atoms with van der Waals surface area (Å²) in [7, 11) is 0. The first kappa shape index (κ1) is 35.6. The Bertz CT molecular complexity index is 3420. The minimum absolute atomic E-state index is 0.560. The maximum Gasteiger partial charge on any atom is 0.143 e. The second-order valence-corrected chi connectivity index (χ2v) is 16.6. The van der Waals surface area contributed by atoms with E-state index in [0.717, 1.165) is 61.3 Å². The highest BCUT2D eigenvalue weighted by Crippen LogP contribution is 2.51. The molecule has 2 heterocycles. The predicted octanol–water partition coefficient (Wildman–Crippen LogP) is 16.7. The van der Waals surface area contributed by atoms with Gasteiger partial charge in [0.15, 0.2) is 0 Å². The van der Waals surface area contributed by atoms with E-state index in [1.165, 1.54) is 75.9 Å². The van der Waals surface area contributed by atoms with Gasteiger partial charge in [-0.3, -0.25) is 0 Å². The molecular weight excluding hydrogens is 741 g/mol. The van der Waals surface area contributed by atoms with Crippen molar-refractivity contribution in [2.24, 2.45) is 0 Å². The lowest BCUT2D eigenvalue weighted by atomic mass is 9.80. The maximum atomic E-state index is 6.75. The summed E-state index contributed by atoms with van der Waals surface area (Å²) in [5.74, 6) is 0.560. The number of furan rings is 1. The third-order valence-corrected chi connectivity index (χ3v) is 13.2. The van der Waals surface area contributed by atoms with Crippen LogP contribution < -0.4 is 4.90 Å². The summed E-state index contributed by atoms with van der Waals surface area (Å²) in [6.07, 6.45) is 6.41. The summed E-state index contributed by atoms with van der Waals surface area (Å²) in [6, 6.07) is 73.2. The Morgan fingerprint density at radius 3 is 1.80 bits per heavy atom. The van der Waals surface area contributed by atoms with Gasteiger partial charge in [0.05, 0.1) is 28.1 Å². The number of anilines is 3. The second kappa shape index (κ2) is 14.7. The van der Waals surface area contributed by atoms with Crippen LogP contribution in [0.3, 0.4) is 0 Å². The molecule has 61 heavy (non-hydrogen) atoms. The number of benzene rings is 9. The van der Waals surface area contributed by atoms with E-state index >= 15 is 0 Å². The minimum atomic E-state index is 0.560. The zero-order valence-corrected chi connectivity index (χ0v) is 34.0. The van der Waals surface area contributed by atoms with Crippen LogP contribution in [-0.4, -0.2) is 4.57 Å². The molecule has 12 rings (SSSR count). The van der Waals surface area contributed by atoms with E-state index in [9.17, 15) is 0 Å². The molecule has 3 heteroatoms. The van der Waals surface area contributed by atoms with Crippen molar-refractivity contribution in [3.63, 3.8) is 0 Å². The summed E-state index contributed by atoms with van der Waals surface area (Å²) in [4.78, 5) is 2.54. The highest BCUT2D eigenvalue weighted by molar-refractivity contribution is 6.18. The van der Waals surface area contributed by atoms with Gasteiger partial charge in [-0.1, -0.05) is 171 Å². The summed E-state index contributed by atoms with van der Waals surface area (Å²) in [6.45, 7) is 0. The van der Waals surface area contributed by atoms with Crippen LogP contribution in [0.1, 0.15) is 43.6 Å². The minimum Gasteiger partial charge on any atom is -0.455 e. The molecule has 11 aromatic rings. The molecule has 1 aliphatic rings. The van der Waals surface area contributed by atoms with Crippen LogP contribution in [0.2, 0.25) is 0 Å². The van der Waals surface area contributed by atoms with Gasteiger partial charge in [0, 0.05) is 43.9 Å². The third kappa shape index (κ3) is 5.79. The fraction of sp³-hybridized carbons (Fsp3) is 0.103. The Morgan fingerprint density at radius 2 is 0.984 bits per heavy atom. The molecule has 0 spiro atoms. The van der Waals surface area contributed by atoms with Crippen molar-refractivity contribution in [1.29, 1.82) is 0 Å². The number of hydrogen-bond donors (Lipinski definition) is 0. The molecule has 9 aromatic carbocycles. The zero-order valence-electron chi connectivity index (χ0n) is 34.0. The Kier molecular flexibility index (Phi) is 8.59. The molecule has 0 unspecified atom stereocenters. The van der Waals surface area contributed by atoms with Gasteiger partial charge < -0.3 is 13.9 Å². The fourth-order valence-electron chi connectivity index (χ4n) is 10.5. The van der Waals surface area contributed by atoms with E-state index < -0.39 is 0 Å². The molecule has 2 aromatic heterocycles. The quantitative estimate of drug-likeness (QED) is 0.161. The van der Waals surface area contributed by atoms with Crippen molar-refractivity contribution in [1.82, 2.24) is 4.57 Å². The summed E-state index contributed by atoms with van der Waals surface area (Å²) >= 11 is 0. The normalized spacial score (nSPS) is 13.5. The predicted molar refractivity (Wildman–Crippen MR) is 257 cm³/mol. The van der Waals surface area contributed by atoms with Gasteiger partial charge in [0.1, 0.15) is 11.2 Å². The van der Waals surface area contributed by atoms with Gasteiger partial charge >= 0.3 is 0 Å². The van der Waals surface area contributed by atoms with Gasteiger partial charge in [0.2, 0.25) is 0 Å². The van der Waals surface area contributed by atoms with Gasteiger partial charge in [-0.2, -0.15) is 0 Å². The number of fused-ring (bicyclic) bond motifs is 7. The Hall–Kier alpha value is -7.36. The van der Waals surface area contributed by atoms with Crippen LogP contribution in [0.25, 0.3) is 82.5 Å². The number of para-hydroxylation sites is 6. The first-order valence-corrected chi connectivity index (χ1v) is 21.8. The molecule has 292 valence electrons. The van der Waals surface area contributed by atoms with Crippen LogP contribution in [0.5, 0.6) is 0 Å². The molecule has 0 aliphatic heterocycles. The van der Waals surface area contributed by atoms with Crippen molar-refractivity contribution in [2.45, 2.75) is 38.0 Å². The zero-order chi connectivity index (χ0) is 40.3. The SMILES string of the molecule is c1ccc(-n2c3ccccc3c3c(N(c4ccccc4-c4cccc5c4oc4ccccc45)c4ccccc4-c4cccc5cccc(C6CCCCC6)c45)cccc32)cc1. The summed E-state index contributed by atoms with van der Waals surface area (Å²) < 4.78 is 9.17. The van der Waals surface area contributed by atoms with Crippen molar-refractivity contribution in [3.8, 4) is 27.9 Å². The smallest absolute Gasteiger partial charge is 0.143 e. The molecule has 0 saturated heterocycles. The average Bonchev–Trinajstić information content (AvgIpc) is 3.89. The molecule has 0 amide bonds.